The summed E-state index contributed by atoms with van der Waals surface area (Å²) in [6.45, 7) is 0. The second-order valence-corrected chi connectivity index (χ2v) is 4.26. The first-order valence-corrected chi connectivity index (χ1v) is 5.70. The summed E-state index contributed by atoms with van der Waals surface area (Å²) < 4.78 is 1.50. The fraction of sp³-hybridized carbons (Fsp3) is 0.545. The van der Waals surface area contributed by atoms with Gasteiger partial charge in [0.25, 0.3) is 0 Å². The summed E-state index contributed by atoms with van der Waals surface area (Å²) in [7, 11) is 1.71. The van der Waals surface area contributed by atoms with Gasteiger partial charge in [-0.15, -0.1) is 0 Å². The van der Waals surface area contributed by atoms with E-state index in [-0.39, 0.29) is 12.1 Å². The van der Waals surface area contributed by atoms with Gasteiger partial charge in [0.05, 0.1) is 0 Å². The van der Waals surface area contributed by atoms with Crippen molar-refractivity contribution in [3.63, 3.8) is 0 Å². The number of aromatic nitrogens is 2. The third kappa shape index (κ3) is 2.75. The molecule has 1 aromatic heterocycles. The molecule has 1 aromatic rings. The number of nitriles is 1. The van der Waals surface area contributed by atoms with Gasteiger partial charge in [0.2, 0.25) is 0 Å². The van der Waals surface area contributed by atoms with E-state index in [1.807, 2.05) is 6.07 Å². The predicted molar refractivity (Wildman–Crippen MR) is 62.3 cm³/mol. The number of nitrogens with one attached hydrogen (secondary N) is 2. The van der Waals surface area contributed by atoms with Gasteiger partial charge in [-0.25, -0.2) is 4.79 Å². The highest BCUT2D eigenvalue weighted by atomic mass is 16.2. The smallest absolute Gasteiger partial charge is 0.320 e. The Morgan fingerprint density at radius 2 is 2.29 bits per heavy atom. The van der Waals surface area contributed by atoms with E-state index in [1.165, 1.54) is 4.68 Å². The molecule has 17 heavy (non-hydrogen) atoms. The van der Waals surface area contributed by atoms with E-state index in [2.05, 4.69) is 15.7 Å². The number of aryl methyl sites for hydroxylation is 1. The number of anilines is 1. The second kappa shape index (κ2) is 4.87. The van der Waals surface area contributed by atoms with E-state index in [1.54, 1.807) is 13.2 Å². The van der Waals surface area contributed by atoms with Crippen LogP contribution in [0.4, 0.5) is 10.6 Å². The molecule has 6 nitrogen and oxygen atoms in total. The lowest BCUT2D eigenvalue weighted by Crippen LogP contribution is -2.36. The van der Waals surface area contributed by atoms with Gasteiger partial charge in [0.1, 0.15) is 11.6 Å². The summed E-state index contributed by atoms with van der Waals surface area (Å²) in [5, 5.41) is 18.4. The Kier molecular flexibility index (Phi) is 3.28. The number of hydrogen-bond acceptors (Lipinski definition) is 3. The molecule has 0 unspecified atom stereocenters. The summed E-state index contributed by atoms with van der Waals surface area (Å²) in [6, 6.07) is 1.96. The van der Waals surface area contributed by atoms with Crippen molar-refractivity contribution in [3.8, 4) is 6.07 Å². The molecule has 1 aliphatic rings. The average molecular weight is 233 g/mol. The third-order valence-corrected chi connectivity index (χ3v) is 2.87. The van der Waals surface area contributed by atoms with Gasteiger partial charge in [0, 0.05) is 19.3 Å². The molecule has 0 aromatic carbocycles. The Bertz CT molecular complexity index is 453. The molecule has 2 amide bonds. The predicted octanol–water partition coefficient (Wildman–Crippen LogP) is 1.36. The standard InChI is InChI=1S/C11H15N5O/c1-16-7-8(6-12)10(15-16)14-11(17)13-9-4-2-3-5-9/h7,9H,2-5H2,1H3,(H2,13,14,15,17). The van der Waals surface area contributed by atoms with Gasteiger partial charge >= 0.3 is 6.03 Å². The fourth-order valence-corrected chi connectivity index (χ4v) is 2.06. The van der Waals surface area contributed by atoms with Gasteiger partial charge in [0.15, 0.2) is 5.82 Å². The number of urea groups is 1. The quantitative estimate of drug-likeness (QED) is 0.809. The van der Waals surface area contributed by atoms with Crippen LogP contribution in [0.25, 0.3) is 0 Å². The van der Waals surface area contributed by atoms with Crippen LogP contribution < -0.4 is 10.6 Å². The molecular formula is C11H15N5O. The van der Waals surface area contributed by atoms with Crippen molar-refractivity contribution in [2.45, 2.75) is 31.7 Å². The molecule has 0 saturated heterocycles. The molecule has 2 N–H and O–H groups in total. The first kappa shape index (κ1) is 11.5. The van der Waals surface area contributed by atoms with Crippen molar-refractivity contribution < 1.29 is 4.79 Å². The lowest BCUT2D eigenvalue weighted by molar-refractivity contribution is 0.248. The van der Waals surface area contributed by atoms with E-state index in [0.717, 1.165) is 25.7 Å². The van der Waals surface area contributed by atoms with Crippen LogP contribution in [0.15, 0.2) is 6.20 Å². The topological polar surface area (TPSA) is 82.7 Å². The van der Waals surface area contributed by atoms with Gasteiger partial charge < -0.3 is 5.32 Å². The highest BCUT2D eigenvalue weighted by molar-refractivity contribution is 5.89. The molecule has 0 aliphatic heterocycles. The Morgan fingerprint density at radius 3 is 2.94 bits per heavy atom. The van der Waals surface area contributed by atoms with Crippen LogP contribution >= 0.6 is 0 Å². The van der Waals surface area contributed by atoms with Gasteiger partial charge in [-0.05, 0) is 12.8 Å². The molecule has 0 spiro atoms. The van der Waals surface area contributed by atoms with Crippen molar-refractivity contribution in [2.24, 2.45) is 7.05 Å². The van der Waals surface area contributed by atoms with Crippen molar-refractivity contribution in [1.82, 2.24) is 15.1 Å². The van der Waals surface area contributed by atoms with Crippen LogP contribution in [-0.4, -0.2) is 21.9 Å². The van der Waals surface area contributed by atoms with E-state index in [0.29, 0.717) is 11.4 Å². The molecule has 6 heteroatoms. The van der Waals surface area contributed by atoms with Crippen LogP contribution in [0.2, 0.25) is 0 Å². The Morgan fingerprint density at radius 1 is 1.59 bits per heavy atom. The Labute approximate surface area is 99.6 Å². The Balaban J connectivity index is 1.95. The molecule has 2 rings (SSSR count). The van der Waals surface area contributed by atoms with Crippen LogP contribution in [-0.2, 0) is 7.05 Å². The zero-order chi connectivity index (χ0) is 12.3. The zero-order valence-electron chi connectivity index (χ0n) is 9.73. The summed E-state index contributed by atoms with van der Waals surface area (Å²) in [5.74, 6) is 0.311. The monoisotopic (exact) mass is 233 g/mol. The molecule has 1 aliphatic carbocycles. The number of rotatable bonds is 2. The van der Waals surface area contributed by atoms with E-state index in [4.69, 9.17) is 5.26 Å². The average Bonchev–Trinajstić information content (AvgIpc) is 2.88. The van der Waals surface area contributed by atoms with Gasteiger partial charge in [-0.3, -0.25) is 10.00 Å². The maximum atomic E-state index is 11.7. The number of amides is 2. The number of nitrogens with zero attached hydrogens (tertiary/aromatic N) is 3. The zero-order valence-corrected chi connectivity index (χ0v) is 9.73. The van der Waals surface area contributed by atoms with E-state index in [9.17, 15) is 4.79 Å². The van der Waals surface area contributed by atoms with Crippen LogP contribution in [0.1, 0.15) is 31.2 Å². The van der Waals surface area contributed by atoms with Crippen molar-refractivity contribution >= 4 is 11.8 Å². The van der Waals surface area contributed by atoms with E-state index < -0.39 is 0 Å². The minimum atomic E-state index is -0.285. The van der Waals surface area contributed by atoms with Gasteiger partial charge in [-0.1, -0.05) is 12.8 Å². The molecule has 1 heterocycles. The van der Waals surface area contributed by atoms with Crippen molar-refractivity contribution in [3.05, 3.63) is 11.8 Å². The molecule has 0 radical (unpaired) electrons. The lowest BCUT2D eigenvalue weighted by Gasteiger charge is -2.11. The second-order valence-electron chi connectivity index (χ2n) is 4.26. The van der Waals surface area contributed by atoms with Crippen LogP contribution in [0, 0.1) is 11.3 Å². The first-order chi connectivity index (χ1) is 8.19. The normalized spacial score (nSPS) is 15.5. The number of carbonyl (C=O) groups excluding carboxylic acids is 1. The molecule has 0 atom stereocenters. The summed E-state index contributed by atoms with van der Waals surface area (Å²) in [4.78, 5) is 11.7. The first-order valence-electron chi connectivity index (χ1n) is 5.70. The molecule has 1 saturated carbocycles. The highest BCUT2D eigenvalue weighted by Gasteiger charge is 2.18. The van der Waals surface area contributed by atoms with E-state index >= 15 is 0 Å². The molecule has 0 bridgehead atoms. The highest BCUT2D eigenvalue weighted by Crippen LogP contribution is 2.18. The van der Waals surface area contributed by atoms with Crippen LogP contribution in [0.3, 0.4) is 0 Å². The largest absolute Gasteiger partial charge is 0.335 e. The molecule has 90 valence electrons. The number of hydrogen-bond donors (Lipinski definition) is 2. The SMILES string of the molecule is Cn1cc(C#N)c(NC(=O)NC2CCCC2)n1. The Hall–Kier alpha value is -2.03. The summed E-state index contributed by atoms with van der Waals surface area (Å²) in [5.41, 5.74) is 0.370. The summed E-state index contributed by atoms with van der Waals surface area (Å²) in [6.07, 6.45) is 5.96. The summed E-state index contributed by atoms with van der Waals surface area (Å²) >= 11 is 0. The van der Waals surface area contributed by atoms with Crippen molar-refractivity contribution in [1.29, 1.82) is 5.26 Å². The van der Waals surface area contributed by atoms with Crippen molar-refractivity contribution in [2.75, 3.05) is 5.32 Å². The maximum Gasteiger partial charge on any atom is 0.320 e. The van der Waals surface area contributed by atoms with Gasteiger partial charge in [-0.2, -0.15) is 10.4 Å². The fourth-order valence-electron chi connectivity index (χ4n) is 2.06. The minimum Gasteiger partial charge on any atom is -0.335 e. The van der Waals surface area contributed by atoms with Crippen LogP contribution in [0.5, 0.6) is 0 Å². The molecule has 1 fully saturated rings. The maximum absolute atomic E-state index is 11.7. The number of carbonyl (C=O) groups is 1. The molecular weight excluding hydrogens is 218 g/mol. The minimum absolute atomic E-state index is 0.254. The third-order valence-electron chi connectivity index (χ3n) is 2.87. The lowest BCUT2D eigenvalue weighted by atomic mass is 10.2.